The summed E-state index contributed by atoms with van der Waals surface area (Å²) in [5, 5.41) is 9.74. The molecule has 2 atom stereocenters. The van der Waals surface area contributed by atoms with E-state index in [1.165, 1.54) is 0 Å². The average molecular weight is 496 g/mol. The molecule has 8 nitrogen and oxygen atoms in total. The van der Waals surface area contributed by atoms with Crippen molar-refractivity contribution in [2.45, 2.75) is 78.7 Å². The summed E-state index contributed by atoms with van der Waals surface area (Å²) in [7, 11) is -2.82. The standard InChI is InChI=1S/C22H49NO7Si2/c1-9-27-31(7,28-10-2)17-13-15-23(19-21(22(24)25)20(5)26-6)16-14-18-32(8,29-11-3)30-12-4/h20-21H,9-19H2,1-8H3,(H,24,25). The van der Waals surface area contributed by atoms with Crippen LogP contribution in [0.3, 0.4) is 0 Å². The molecule has 0 fully saturated rings. The Balaban J connectivity index is 5.15. The van der Waals surface area contributed by atoms with Gasteiger partial charge in [0.2, 0.25) is 0 Å². The van der Waals surface area contributed by atoms with Gasteiger partial charge in [-0.25, -0.2) is 0 Å². The highest BCUT2D eigenvalue weighted by molar-refractivity contribution is 6.66. The fourth-order valence-electron chi connectivity index (χ4n) is 4.00. The van der Waals surface area contributed by atoms with Gasteiger partial charge in [-0.1, -0.05) is 0 Å². The predicted molar refractivity (Wildman–Crippen MR) is 133 cm³/mol. The molecule has 0 aliphatic rings. The zero-order valence-corrected chi connectivity index (χ0v) is 23.8. The van der Waals surface area contributed by atoms with Crippen LogP contribution >= 0.6 is 0 Å². The Morgan fingerprint density at radius 2 is 1.22 bits per heavy atom. The minimum atomic E-state index is -2.19. The summed E-state index contributed by atoms with van der Waals surface area (Å²) in [4.78, 5) is 14.1. The molecule has 0 amide bonds. The van der Waals surface area contributed by atoms with E-state index in [0.717, 1.165) is 38.0 Å². The van der Waals surface area contributed by atoms with Crippen molar-refractivity contribution in [1.82, 2.24) is 4.90 Å². The Labute approximate surface area is 198 Å². The normalized spacial score (nSPS) is 14.7. The summed E-state index contributed by atoms with van der Waals surface area (Å²) < 4.78 is 29.2. The molecule has 0 aliphatic heterocycles. The SMILES string of the molecule is CCO[Si](C)(CCCN(CCC[Si](C)(OCC)OCC)CC(C(=O)O)C(C)OC)OCC. The van der Waals surface area contributed by atoms with Crippen molar-refractivity contribution in [3.63, 3.8) is 0 Å². The second-order valence-electron chi connectivity index (χ2n) is 8.39. The third kappa shape index (κ3) is 12.8. The minimum Gasteiger partial charge on any atom is -0.481 e. The summed E-state index contributed by atoms with van der Waals surface area (Å²) in [6.07, 6.45) is 1.46. The highest BCUT2D eigenvalue weighted by atomic mass is 28.4. The molecule has 0 aliphatic carbocycles. The van der Waals surface area contributed by atoms with Crippen LogP contribution in [0, 0.1) is 5.92 Å². The summed E-state index contributed by atoms with van der Waals surface area (Å²) in [5.74, 6) is -1.40. The van der Waals surface area contributed by atoms with Gasteiger partial charge in [0.05, 0.1) is 12.0 Å². The number of hydrogen-bond acceptors (Lipinski definition) is 7. The van der Waals surface area contributed by atoms with Crippen molar-refractivity contribution < 1.29 is 32.3 Å². The molecule has 0 aromatic heterocycles. The van der Waals surface area contributed by atoms with Gasteiger partial charge in [-0.3, -0.25) is 4.79 Å². The fraction of sp³-hybridized carbons (Fsp3) is 0.955. The number of carbonyl (C=O) groups is 1. The van der Waals surface area contributed by atoms with Crippen molar-refractivity contribution in [1.29, 1.82) is 0 Å². The van der Waals surface area contributed by atoms with Gasteiger partial charge < -0.3 is 32.4 Å². The topological polar surface area (TPSA) is 86.7 Å². The maximum absolute atomic E-state index is 11.9. The summed E-state index contributed by atoms with van der Waals surface area (Å²) in [5.41, 5.74) is 0. The smallest absolute Gasteiger partial charge is 0.334 e. The first-order valence-corrected chi connectivity index (χ1v) is 17.2. The highest BCUT2D eigenvalue weighted by Gasteiger charge is 2.33. The number of methoxy groups -OCH3 is 1. The lowest BCUT2D eigenvalue weighted by atomic mass is 10.0. The van der Waals surface area contributed by atoms with Gasteiger partial charge >= 0.3 is 23.1 Å². The molecule has 1 N–H and O–H groups in total. The van der Waals surface area contributed by atoms with Crippen LogP contribution < -0.4 is 0 Å². The molecule has 192 valence electrons. The van der Waals surface area contributed by atoms with E-state index in [4.69, 9.17) is 22.4 Å². The average Bonchev–Trinajstić information content (AvgIpc) is 2.71. The maximum Gasteiger partial charge on any atom is 0.334 e. The minimum absolute atomic E-state index is 0.354. The van der Waals surface area contributed by atoms with Crippen LogP contribution in [0.4, 0.5) is 0 Å². The van der Waals surface area contributed by atoms with E-state index in [1.54, 1.807) is 7.11 Å². The molecule has 0 heterocycles. The van der Waals surface area contributed by atoms with Crippen LogP contribution in [0.2, 0.25) is 25.2 Å². The highest BCUT2D eigenvalue weighted by Crippen LogP contribution is 2.20. The first-order chi connectivity index (χ1) is 15.1. The van der Waals surface area contributed by atoms with E-state index in [9.17, 15) is 9.90 Å². The first kappa shape index (κ1) is 31.7. The van der Waals surface area contributed by atoms with Gasteiger partial charge in [-0.2, -0.15) is 0 Å². The van der Waals surface area contributed by atoms with Crippen molar-refractivity contribution >= 4 is 23.1 Å². The van der Waals surface area contributed by atoms with Crippen LogP contribution in [-0.2, 0) is 27.2 Å². The third-order valence-electron chi connectivity index (χ3n) is 5.72. The molecule has 0 bridgehead atoms. The molecule has 0 rings (SSSR count). The zero-order chi connectivity index (χ0) is 24.6. The Morgan fingerprint density at radius 1 is 0.844 bits per heavy atom. The summed E-state index contributed by atoms with van der Waals surface area (Å²) in [6, 6.07) is 1.76. The van der Waals surface area contributed by atoms with Gasteiger partial charge in [0, 0.05) is 40.1 Å². The van der Waals surface area contributed by atoms with E-state index in [-0.39, 0.29) is 6.10 Å². The largest absolute Gasteiger partial charge is 0.481 e. The molecule has 0 radical (unpaired) electrons. The lowest BCUT2D eigenvalue weighted by molar-refractivity contribution is -0.147. The van der Waals surface area contributed by atoms with E-state index >= 15 is 0 Å². The van der Waals surface area contributed by atoms with E-state index in [0.29, 0.717) is 33.0 Å². The molecule has 32 heavy (non-hydrogen) atoms. The fourth-order valence-corrected chi connectivity index (χ4v) is 8.79. The number of carboxylic acids is 1. The molecule has 2 unspecified atom stereocenters. The van der Waals surface area contributed by atoms with Gasteiger partial charge in [0.15, 0.2) is 0 Å². The van der Waals surface area contributed by atoms with Crippen LogP contribution in [0.15, 0.2) is 0 Å². The second-order valence-corrected chi connectivity index (χ2v) is 15.1. The second kappa shape index (κ2) is 17.2. The number of ether oxygens (including phenoxy) is 1. The molecule has 0 aromatic rings. The molecular weight excluding hydrogens is 446 g/mol. The first-order valence-electron chi connectivity index (χ1n) is 12.1. The molecular formula is C22H49NO7Si2. The van der Waals surface area contributed by atoms with Crippen LogP contribution in [0.5, 0.6) is 0 Å². The molecule has 10 heteroatoms. The van der Waals surface area contributed by atoms with Crippen molar-refractivity contribution in [3.8, 4) is 0 Å². The molecule has 0 aromatic carbocycles. The number of nitrogens with zero attached hydrogens (tertiary/aromatic N) is 1. The van der Waals surface area contributed by atoms with Gasteiger partial charge in [0.1, 0.15) is 0 Å². The summed E-state index contributed by atoms with van der Waals surface area (Å²) in [6.45, 7) is 18.7. The van der Waals surface area contributed by atoms with Crippen LogP contribution in [-0.4, -0.2) is 92.4 Å². The Morgan fingerprint density at radius 3 is 1.50 bits per heavy atom. The molecule has 0 saturated heterocycles. The van der Waals surface area contributed by atoms with Crippen LogP contribution in [0.25, 0.3) is 0 Å². The quantitative estimate of drug-likeness (QED) is 0.238. The third-order valence-corrected chi connectivity index (χ3v) is 11.8. The van der Waals surface area contributed by atoms with Gasteiger partial charge in [-0.15, -0.1) is 0 Å². The van der Waals surface area contributed by atoms with Gasteiger partial charge in [-0.05, 0) is 85.7 Å². The zero-order valence-electron chi connectivity index (χ0n) is 21.8. The molecule has 0 spiro atoms. The Bertz CT molecular complexity index is 459. The maximum atomic E-state index is 11.9. The van der Waals surface area contributed by atoms with Crippen molar-refractivity contribution in [2.24, 2.45) is 5.92 Å². The number of rotatable bonds is 21. The lowest BCUT2D eigenvalue weighted by Crippen LogP contribution is -2.43. The van der Waals surface area contributed by atoms with Crippen LogP contribution in [0.1, 0.15) is 47.5 Å². The Kier molecular flexibility index (Phi) is 17.0. The van der Waals surface area contributed by atoms with E-state index in [2.05, 4.69) is 18.0 Å². The monoisotopic (exact) mass is 495 g/mol. The number of aliphatic carboxylic acids is 1. The Hall–Kier alpha value is -0.336. The lowest BCUT2D eigenvalue weighted by Gasteiger charge is -2.31. The van der Waals surface area contributed by atoms with E-state index < -0.39 is 29.0 Å². The predicted octanol–water partition coefficient (Wildman–Crippen LogP) is 4.09. The van der Waals surface area contributed by atoms with Gasteiger partial charge in [0.25, 0.3) is 0 Å². The number of carboxylic acid groups (broad SMARTS) is 1. The van der Waals surface area contributed by atoms with Crippen molar-refractivity contribution in [3.05, 3.63) is 0 Å². The van der Waals surface area contributed by atoms with Crippen molar-refractivity contribution in [2.75, 3.05) is 53.2 Å². The molecule has 0 saturated carbocycles. The summed E-state index contributed by atoms with van der Waals surface area (Å²) >= 11 is 0. The van der Waals surface area contributed by atoms with E-state index in [1.807, 2.05) is 34.6 Å². The number of hydrogen-bond donors (Lipinski definition) is 1.